The highest BCUT2D eigenvalue weighted by atomic mass is 31.1. The van der Waals surface area contributed by atoms with Crippen LogP contribution in [0, 0.1) is 0 Å². The van der Waals surface area contributed by atoms with E-state index in [-0.39, 0.29) is 7.92 Å². The fourth-order valence-electron chi connectivity index (χ4n) is 4.34. The van der Waals surface area contributed by atoms with Crippen LogP contribution in [0.5, 0.6) is 0 Å². The van der Waals surface area contributed by atoms with E-state index in [0.717, 1.165) is 5.66 Å². The molecule has 0 saturated heterocycles. The van der Waals surface area contributed by atoms with Crippen molar-refractivity contribution in [2.24, 2.45) is 0 Å². The van der Waals surface area contributed by atoms with Crippen molar-refractivity contribution in [2.75, 3.05) is 30.8 Å². The number of unbranched alkanes of at least 4 members (excludes halogenated alkanes) is 12. The summed E-state index contributed by atoms with van der Waals surface area (Å²) in [6, 6.07) is 0. The highest BCUT2D eigenvalue weighted by Crippen LogP contribution is 2.50. The lowest BCUT2D eigenvalue weighted by molar-refractivity contribution is 0.692. The Kier molecular flexibility index (Phi) is 24.2. The fourth-order valence-corrected chi connectivity index (χ4v) is 11.0. The smallest absolute Gasteiger partial charge is 0.0198 e. The molecule has 0 heterocycles. The van der Waals surface area contributed by atoms with E-state index in [9.17, 15) is 0 Å². The third kappa shape index (κ3) is 19.3. The van der Waals surface area contributed by atoms with Crippen LogP contribution >= 0.6 is 15.8 Å². The second-order valence-electron chi connectivity index (χ2n) is 9.43. The predicted octanol–water partition coefficient (Wildman–Crippen LogP) is 10.7. The Bertz CT molecular complexity index is 281. The van der Waals surface area contributed by atoms with Gasteiger partial charge in [-0.2, -0.15) is 0 Å². The molecule has 0 saturated carbocycles. The minimum Gasteiger partial charge on any atom is -0.106 e. The second-order valence-corrected chi connectivity index (χ2v) is 15.0. The van der Waals surface area contributed by atoms with E-state index in [4.69, 9.17) is 0 Å². The Morgan fingerprint density at radius 1 is 0.448 bits per heavy atom. The van der Waals surface area contributed by atoms with Crippen LogP contribution in [0.3, 0.4) is 0 Å². The van der Waals surface area contributed by atoms with Gasteiger partial charge in [-0.15, -0.1) is 15.8 Å². The van der Waals surface area contributed by atoms with E-state index in [1.165, 1.54) is 103 Å². The molecular formula is C27H58P2. The Morgan fingerprint density at radius 2 is 0.793 bits per heavy atom. The normalized spacial score (nSPS) is 12.9. The van der Waals surface area contributed by atoms with Crippen molar-refractivity contribution in [3.63, 3.8) is 0 Å². The molecule has 0 aliphatic heterocycles. The molecule has 0 amide bonds. The number of rotatable bonds is 23. The molecule has 0 aromatic carbocycles. The molecule has 0 N–H and O–H groups in total. The molecule has 1 unspecified atom stereocenters. The van der Waals surface area contributed by atoms with Gasteiger partial charge >= 0.3 is 0 Å². The van der Waals surface area contributed by atoms with Crippen molar-refractivity contribution in [3.05, 3.63) is 0 Å². The summed E-state index contributed by atoms with van der Waals surface area (Å²) in [5.74, 6) is 0. The Balaban J connectivity index is 4.58. The summed E-state index contributed by atoms with van der Waals surface area (Å²) in [6.45, 7) is 12.1. The molecule has 0 fully saturated rings. The molecule has 0 rings (SSSR count). The van der Waals surface area contributed by atoms with Crippen LogP contribution < -0.4 is 0 Å². The van der Waals surface area contributed by atoms with Crippen LogP contribution in [-0.2, 0) is 0 Å². The van der Waals surface area contributed by atoms with Gasteiger partial charge < -0.3 is 0 Å². The fraction of sp³-hybridized carbons (Fsp3) is 1.00. The van der Waals surface area contributed by atoms with E-state index < -0.39 is 0 Å². The van der Waals surface area contributed by atoms with Gasteiger partial charge in [0.05, 0.1) is 0 Å². The van der Waals surface area contributed by atoms with Crippen LogP contribution in [0.2, 0.25) is 0 Å². The first kappa shape index (κ1) is 29.9. The van der Waals surface area contributed by atoms with Crippen LogP contribution in [0.25, 0.3) is 0 Å². The lowest BCUT2D eigenvalue weighted by Crippen LogP contribution is -2.12. The molecule has 1 atom stereocenters. The SMILES string of the molecule is CCCCCCP(CCCCCC)CC(C)P(CCCCCC)CCCCCC. The van der Waals surface area contributed by atoms with Crippen LogP contribution in [0.1, 0.15) is 137 Å². The van der Waals surface area contributed by atoms with Crippen molar-refractivity contribution in [2.45, 2.75) is 143 Å². The lowest BCUT2D eigenvalue weighted by Gasteiger charge is -2.29. The van der Waals surface area contributed by atoms with E-state index in [1.54, 1.807) is 30.8 Å². The third-order valence-corrected chi connectivity index (χ3v) is 12.9. The molecule has 2 heteroatoms. The zero-order valence-electron chi connectivity index (χ0n) is 21.3. The summed E-state index contributed by atoms with van der Waals surface area (Å²) in [5.41, 5.74) is 1.04. The van der Waals surface area contributed by atoms with Crippen molar-refractivity contribution < 1.29 is 0 Å². The molecule has 0 nitrogen and oxygen atoms in total. The maximum absolute atomic E-state index is 2.67. The minimum atomic E-state index is 0.285. The van der Waals surface area contributed by atoms with Gasteiger partial charge in [0, 0.05) is 0 Å². The zero-order chi connectivity index (χ0) is 21.6. The standard InChI is InChI=1S/C27H58P2/c1-6-10-14-18-22-28(23-19-15-11-7-2)26-27(5)29(24-20-16-12-8-3)25-21-17-13-9-4/h27H,6-26H2,1-5H3. The van der Waals surface area contributed by atoms with E-state index in [2.05, 4.69) is 34.6 Å². The predicted molar refractivity (Wildman–Crippen MR) is 144 cm³/mol. The van der Waals surface area contributed by atoms with Crippen molar-refractivity contribution >= 4 is 15.8 Å². The molecule has 29 heavy (non-hydrogen) atoms. The average molecular weight is 445 g/mol. The Labute approximate surface area is 189 Å². The quantitative estimate of drug-likeness (QED) is 0.109. The van der Waals surface area contributed by atoms with Gasteiger partial charge in [-0.05, 0) is 62.2 Å². The van der Waals surface area contributed by atoms with Crippen molar-refractivity contribution in [3.8, 4) is 0 Å². The van der Waals surface area contributed by atoms with Gasteiger partial charge in [0.2, 0.25) is 0 Å². The monoisotopic (exact) mass is 444 g/mol. The van der Waals surface area contributed by atoms with Gasteiger partial charge in [0.15, 0.2) is 0 Å². The molecule has 0 bridgehead atoms. The van der Waals surface area contributed by atoms with E-state index in [0.29, 0.717) is 7.92 Å². The molecule has 0 spiro atoms. The topological polar surface area (TPSA) is 0 Å². The first-order chi connectivity index (χ1) is 14.2. The minimum absolute atomic E-state index is 0.285. The Morgan fingerprint density at radius 3 is 1.14 bits per heavy atom. The molecule has 0 aliphatic carbocycles. The third-order valence-electron chi connectivity index (χ3n) is 6.40. The van der Waals surface area contributed by atoms with Crippen molar-refractivity contribution in [1.29, 1.82) is 0 Å². The maximum Gasteiger partial charge on any atom is -0.0198 e. The molecule has 0 radical (unpaired) electrons. The molecular weight excluding hydrogens is 386 g/mol. The van der Waals surface area contributed by atoms with Gasteiger partial charge in [0.1, 0.15) is 0 Å². The van der Waals surface area contributed by atoms with Crippen LogP contribution in [-0.4, -0.2) is 36.5 Å². The summed E-state index contributed by atoms with van der Waals surface area (Å²) >= 11 is 0. The lowest BCUT2D eigenvalue weighted by atomic mass is 10.2. The zero-order valence-corrected chi connectivity index (χ0v) is 23.1. The van der Waals surface area contributed by atoms with Gasteiger partial charge in [-0.3, -0.25) is 0 Å². The molecule has 0 aromatic heterocycles. The first-order valence-corrected chi connectivity index (χ1v) is 17.3. The van der Waals surface area contributed by atoms with Crippen molar-refractivity contribution in [1.82, 2.24) is 0 Å². The largest absolute Gasteiger partial charge is 0.106 e. The van der Waals surface area contributed by atoms with Gasteiger partial charge in [-0.25, -0.2) is 0 Å². The second kappa shape index (κ2) is 23.5. The maximum atomic E-state index is 2.67. The highest BCUT2D eigenvalue weighted by molar-refractivity contribution is 7.62. The summed E-state index contributed by atoms with van der Waals surface area (Å²) in [4.78, 5) is 0. The van der Waals surface area contributed by atoms with E-state index >= 15 is 0 Å². The van der Waals surface area contributed by atoms with E-state index in [1.807, 2.05) is 0 Å². The highest BCUT2D eigenvalue weighted by Gasteiger charge is 2.20. The van der Waals surface area contributed by atoms with Crippen LogP contribution in [0.4, 0.5) is 0 Å². The number of hydrogen-bond acceptors (Lipinski definition) is 0. The summed E-state index contributed by atoms with van der Waals surface area (Å²) < 4.78 is 0. The van der Waals surface area contributed by atoms with Gasteiger partial charge in [-0.1, -0.05) is 112 Å². The van der Waals surface area contributed by atoms with Crippen LogP contribution in [0.15, 0.2) is 0 Å². The average Bonchev–Trinajstić information content (AvgIpc) is 2.72. The molecule has 0 aliphatic rings. The van der Waals surface area contributed by atoms with Gasteiger partial charge in [0.25, 0.3) is 0 Å². The first-order valence-electron chi connectivity index (χ1n) is 13.7. The molecule has 176 valence electrons. The summed E-state index contributed by atoms with van der Waals surface area (Å²) in [7, 11) is 0.592. The number of hydrogen-bond donors (Lipinski definition) is 0. The summed E-state index contributed by atoms with van der Waals surface area (Å²) in [5, 5.41) is 0. The molecule has 0 aromatic rings. The Hall–Kier alpha value is 0.860. The summed E-state index contributed by atoms with van der Waals surface area (Å²) in [6.07, 6.45) is 31.3.